The van der Waals surface area contributed by atoms with Gasteiger partial charge in [-0.15, -0.1) is 0 Å². The molecule has 0 aromatic carbocycles. The molecule has 3 rings (SSSR count). The van der Waals surface area contributed by atoms with Crippen LogP contribution in [0.25, 0.3) is 5.95 Å². The van der Waals surface area contributed by atoms with E-state index in [0.717, 1.165) is 12.8 Å². The Hall–Kier alpha value is -2.25. The molecule has 0 unspecified atom stereocenters. The minimum absolute atomic E-state index is 0.117. The smallest absolute Gasteiger partial charge is 0.323 e. The van der Waals surface area contributed by atoms with Crippen LogP contribution in [-0.2, 0) is 0 Å². The molecule has 0 amide bonds. The Morgan fingerprint density at radius 2 is 2.00 bits per heavy atom. The molecule has 0 atom stereocenters. The van der Waals surface area contributed by atoms with Gasteiger partial charge in [0.05, 0.1) is 0 Å². The van der Waals surface area contributed by atoms with Gasteiger partial charge < -0.3 is 10.5 Å². The molecule has 1 aliphatic carbocycles. The third-order valence-corrected chi connectivity index (χ3v) is 3.07. The molecule has 0 bridgehead atoms. The van der Waals surface area contributed by atoms with Crippen LogP contribution in [0.15, 0.2) is 12.7 Å². The summed E-state index contributed by atoms with van der Waals surface area (Å²) in [5.74, 6) is 0.433. The highest BCUT2D eigenvalue weighted by molar-refractivity contribution is 5.24. The fourth-order valence-corrected chi connectivity index (χ4v) is 2.16. The predicted octanol–water partition coefficient (Wildman–Crippen LogP) is 0.746. The molecule has 1 fully saturated rings. The zero-order valence-electron chi connectivity index (χ0n) is 10.4. The summed E-state index contributed by atoms with van der Waals surface area (Å²) in [7, 11) is 0. The van der Waals surface area contributed by atoms with Gasteiger partial charge in [-0.05, 0) is 25.7 Å². The standard InChI is InChI=1S/C11H15N7O/c12-9-15-10(18-7-13-6-14-18)17-11(16-9)19-8-4-2-1-3-5-8/h6-8H,1-5H2,(H2,12,15,16,17). The van der Waals surface area contributed by atoms with Crippen LogP contribution in [0.4, 0.5) is 5.95 Å². The van der Waals surface area contributed by atoms with E-state index in [1.54, 1.807) is 0 Å². The van der Waals surface area contributed by atoms with Crippen molar-refractivity contribution in [2.45, 2.75) is 38.2 Å². The number of aromatic nitrogens is 6. The lowest BCUT2D eigenvalue weighted by Crippen LogP contribution is -2.21. The molecule has 0 saturated heterocycles. The van der Waals surface area contributed by atoms with E-state index >= 15 is 0 Å². The Morgan fingerprint density at radius 3 is 2.74 bits per heavy atom. The lowest BCUT2D eigenvalue weighted by atomic mass is 9.98. The van der Waals surface area contributed by atoms with Crippen molar-refractivity contribution in [3.05, 3.63) is 12.7 Å². The Kier molecular flexibility index (Phi) is 3.21. The normalized spacial score (nSPS) is 16.4. The zero-order valence-corrected chi connectivity index (χ0v) is 10.4. The highest BCUT2D eigenvalue weighted by atomic mass is 16.5. The molecule has 2 heterocycles. The Bertz CT molecular complexity index is 536. The largest absolute Gasteiger partial charge is 0.460 e. The summed E-state index contributed by atoms with van der Waals surface area (Å²) < 4.78 is 7.19. The summed E-state index contributed by atoms with van der Waals surface area (Å²) in [5, 5.41) is 3.96. The first-order valence-electron chi connectivity index (χ1n) is 6.34. The van der Waals surface area contributed by atoms with E-state index in [0.29, 0.717) is 5.95 Å². The third-order valence-electron chi connectivity index (χ3n) is 3.07. The number of nitrogens with zero attached hydrogens (tertiary/aromatic N) is 6. The van der Waals surface area contributed by atoms with Crippen LogP contribution in [0.2, 0.25) is 0 Å². The molecule has 1 aliphatic rings. The van der Waals surface area contributed by atoms with Gasteiger partial charge in [0.25, 0.3) is 5.95 Å². The SMILES string of the molecule is Nc1nc(OC2CCCCC2)nc(-n2cncn2)n1. The van der Waals surface area contributed by atoms with Crippen LogP contribution in [0.5, 0.6) is 6.01 Å². The number of hydrogen-bond donors (Lipinski definition) is 1. The number of hydrogen-bond acceptors (Lipinski definition) is 7. The summed E-state index contributed by atoms with van der Waals surface area (Å²) >= 11 is 0. The van der Waals surface area contributed by atoms with Crippen LogP contribution in [0, 0.1) is 0 Å². The zero-order chi connectivity index (χ0) is 13.1. The van der Waals surface area contributed by atoms with Crippen molar-refractivity contribution in [2.75, 3.05) is 5.73 Å². The molecule has 1 saturated carbocycles. The topological polar surface area (TPSA) is 105 Å². The van der Waals surface area contributed by atoms with Gasteiger partial charge in [0.15, 0.2) is 0 Å². The van der Waals surface area contributed by atoms with E-state index in [1.165, 1.54) is 36.6 Å². The molecule has 0 aliphatic heterocycles. The highest BCUT2D eigenvalue weighted by Gasteiger charge is 2.17. The molecular weight excluding hydrogens is 246 g/mol. The van der Waals surface area contributed by atoms with Crippen LogP contribution in [-0.4, -0.2) is 35.8 Å². The van der Waals surface area contributed by atoms with Gasteiger partial charge >= 0.3 is 6.01 Å². The van der Waals surface area contributed by atoms with Crippen molar-refractivity contribution in [2.24, 2.45) is 0 Å². The number of rotatable bonds is 3. The molecule has 2 aromatic heterocycles. The van der Waals surface area contributed by atoms with E-state index in [4.69, 9.17) is 10.5 Å². The predicted molar refractivity (Wildman–Crippen MR) is 66.7 cm³/mol. The summed E-state index contributed by atoms with van der Waals surface area (Å²) in [4.78, 5) is 16.1. The summed E-state index contributed by atoms with van der Waals surface area (Å²) in [6.07, 6.45) is 8.76. The Morgan fingerprint density at radius 1 is 1.16 bits per heavy atom. The van der Waals surface area contributed by atoms with Crippen LogP contribution < -0.4 is 10.5 Å². The number of anilines is 1. The van der Waals surface area contributed by atoms with Crippen molar-refractivity contribution < 1.29 is 4.74 Å². The fraction of sp³-hybridized carbons (Fsp3) is 0.545. The minimum Gasteiger partial charge on any atom is -0.460 e. The molecule has 2 aromatic rings. The minimum atomic E-state index is 0.117. The van der Waals surface area contributed by atoms with Gasteiger partial charge in [-0.1, -0.05) is 6.42 Å². The molecule has 8 heteroatoms. The lowest BCUT2D eigenvalue weighted by Gasteiger charge is -2.21. The van der Waals surface area contributed by atoms with E-state index in [-0.39, 0.29) is 18.1 Å². The number of nitrogen functional groups attached to an aromatic ring is 1. The first-order valence-corrected chi connectivity index (χ1v) is 6.34. The maximum absolute atomic E-state index is 5.77. The van der Waals surface area contributed by atoms with Crippen molar-refractivity contribution in [3.63, 3.8) is 0 Å². The second-order valence-corrected chi connectivity index (χ2v) is 4.49. The number of nitrogens with two attached hydrogens (primary N) is 1. The van der Waals surface area contributed by atoms with Gasteiger partial charge in [0.1, 0.15) is 18.8 Å². The average molecular weight is 261 g/mol. The van der Waals surface area contributed by atoms with Gasteiger partial charge in [0, 0.05) is 0 Å². The fourth-order valence-electron chi connectivity index (χ4n) is 2.16. The van der Waals surface area contributed by atoms with E-state index < -0.39 is 0 Å². The maximum atomic E-state index is 5.77. The van der Waals surface area contributed by atoms with Crippen molar-refractivity contribution in [1.82, 2.24) is 29.7 Å². The van der Waals surface area contributed by atoms with Crippen LogP contribution in [0.3, 0.4) is 0 Å². The second kappa shape index (κ2) is 5.17. The molecule has 0 radical (unpaired) electrons. The van der Waals surface area contributed by atoms with E-state index in [9.17, 15) is 0 Å². The monoisotopic (exact) mass is 261 g/mol. The summed E-state index contributed by atoms with van der Waals surface area (Å²) in [5.41, 5.74) is 5.67. The van der Waals surface area contributed by atoms with Crippen molar-refractivity contribution in [3.8, 4) is 12.0 Å². The Balaban J connectivity index is 1.81. The summed E-state index contributed by atoms with van der Waals surface area (Å²) in [6, 6.07) is 0.255. The van der Waals surface area contributed by atoms with Gasteiger partial charge in [-0.25, -0.2) is 4.98 Å². The van der Waals surface area contributed by atoms with Crippen molar-refractivity contribution >= 4 is 5.95 Å². The molecule has 8 nitrogen and oxygen atoms in total. The second-order valence-electron chi connectivity index (χ2n) is 4.49. The quantitative estimate of drug-likeness (QED) is 0.868. The van der Waals surface area contributed by atoms with Gasteiger partial charge in [-0.2, -0.15) is 24.7 Å². The molecule has 100 valence electrons. The lowest BCUT2D eigenvalue weighted by molar-refractivity contribution is 0.141. The average Bonchev–Trinajstić information content (AvgIpc) is 2.93. The highest BCUT2D eigenvalue weighted by Crippen LogP contribution is 2.21. The first kappa shape index (κ1) is 11.8. The molecule has 19 heavy (non-hydrogen) atoms. The van der Waals surface area contributed by atoms with E-state index in [2.05, 4.69) is 25.0 Å². The molecule has 2 N–H and O–H groups in total. The summed E-state index contributed by atoms with van der Waals surface area (Å²) in [6.45, 7) is 0. The number of ether oxygens (including phenoxy) is 1. The van der Waals surface area contributed by atoms with Crippen LogP contribution >= 0.6 is 0 Å². The van der Waals surface area contributed by atoms with Crippen LogP contribution in [0.1, 0.15) is 32.1 Å². The van der Waals surface area contributed by atoms with Crippen molar-refractivity contribution in [1.29, 1.82) is 0 Å². The van der Waals surface area contributed by atoms with Gasteiger partial charge in [0.2, 0.25) is 5.95 Å². The third kappa shape index (κ3) is 2.78. The molecular formula is C11H15N7O. The maximum Gasteiger partial charge on any atom is 0.323 e. The van der Waals surface area contributed by atoms with E-state index in [1.807, 2.05) is 0 Å². The van der Waals surface area contributed by atoms with Gasteiger partial charge in [-0.3, -0.25) is 0 Å². The first-order chi connectivity index (χ1) is 9.31. The molecule has 0 spiro atoms. The Labute approximate surface area is 110 Å².